The van der Waals surface area contributed by atoms with Crippen LogP contribution in [0.2, 0.25) is 0 Å². The van der Waals surface area contributed by atoms with Crippen molar-refractivity contribution in [3.05, 3.63) is 67.2 Å². The summed E-state index contributed by atoms with van der Waals surface area (Å²) >= 11 is 1.02. The van der Waals surface area contributed by atoms with Gasteiger partial charge in [-0.3, -0.25) is 14.2 Å². The molecule has 0 amide bonds. The molecule has 0 saturated heterocycles. The third kappa shape index (κ3) is 6.56. The summed E-state index contributed by atoms with van der Waals surface area (Å²) in [5.41, 5.74) is -0.889. The summed E-state index contributed by atoms with van der Waals surface area (Å²) in [6.45, 7) is 11.9. The fourth-order valence-corrected chi connectivity index (χ4v) is 5.17. The largest absolute Gasteiger partial charge is 0.462 e. The highest BCUT2D eigenvalue weighted by atomic mass is 32.1. The van der Waals surface area contributed by atoms with Crippen LogP contribution in [0.1, 0.15) is 68.4 Å². The van der Waals surface area contributed by atoms with Crippen molar-refractivity contribution in [3.63, 3.8) is 0 Å². The number of ether oxygens (including phenoxy) is 3. The molecule has 3 rings (SSSR count). The first kappa shape index (κ1) is 28.3. The number of hydrogen-bond acceptors (Lipinski definition) is 8. The average molecular weight is 531 g/mol. The standard InChI is InChI=1S/C27H34N2O7S/c1-8-34-25(32)22-17(4)21-23(31)28(15-20(30)36-27(5,6)7)26(33)29(24(21)37-22)14-19(35-16(2)3)18-12-10-9-11-13-18/h9-13,16,19H,8,14-15H2,1-7H3/t19-/m0/s1. The molecule has 0 aliphatic heterocycles. The van der Waals surface area contributed by atoms with Crippen LogP contribution < -0.4 is 11.2 Å². The number of thiophene rings is 1. The molecule has 0 spiro atoms. The lowest BCUT2D eigenvalue weighted by atomic mass is 10.1. The van der Waals surface area contributed by atoms with E-state index >= 15 is 0 Å². The zero-order valence-electron chi connectivity index (χ0n) is 22.3. The van der Waals surface area contributed by atoms with E-state index in [2.05, 4.69) is 0 Å². The minimum atomic E-state index is -0.789. The highest BCUT2D eigenvalue weighted by Crippen LogP contribution is 2.30. The van der Waals surface area contributed by atoms with Crippen LogP contribution in [0, 0.1) is 6.92 Å². The molecule has 1 atom stereocenters. The quantitative estimate of drug-likeness (QED) is 0.382. The maximum atomic E-state index is 13.7. The minimum Gasteiger partial charge on any atom is -0.462 e. The zero-order chi connectivity index (χ0) is 27.5. The molecule has 0 radical (unpaired) electrons. The van der Waals surface area contributed by atoms with Crippen molar-refractivity contribution in [2.75, 3.05) is 6.61 Å². The Hall–Kier alpha value is -3.24. The monoisotopic (exact) mass is 530 g/mol. The second-order valence-electron chi connectivity index (χ2n) is 9.91. The Bertz CT molecular complexity index is 1390. The number of nitrogens with zero attached hydrogens (tertiary/aromatic N) is 2. The van der Waals surface area contributed by atoms with Crippen LogP contribution >= 0.6 is 11.3 Å². The molecule has 0 unspecified atom stereocenters. The van der Waals surface area contributed by atoms with E-state index in [9.17, 15) is 19.2 Å². The summed E-state index contributed by atoms with van der Waals surface area (Å²) in [7, 11) is 0. The molecule has 9 nitrogen and oxygen atoms in total. The zero-order valence-corrected chi connectivity index (χ0v) is 23.1. The van der Waals surface area contributed by atoms with Gasteiger partial charge in [-0.25, -0.2) is 14.2 Å². The van der Waals surface area contributed by atoms with Crippen molar-refractivity contribution < 1.29 is 23.8 Å². The second-order valence-corrected chi connectivity index (χ2v) is 10.9. The van der Waals surface area contributed by atoms with Gasteiger partial charge in [0.2, 0.25) is 0 Å². The fourth-order valence-electron chi connectivity index (χ4n) is 3.98. The number of aryl methyl sites for hydroxylation is 1. The van der Waals surface area contributed by atoms with Gasteiger partial charge in [0.05, 0.1) is 24.6 Å². The van der Waals surface area contributed by atoms with E-state index in [1.807, 2.05) is 44.2 Å². The van der Waals surface area contributed by atoms with Crippen molar-refractivity contribution in [2.45, 2.75) is 79.4 Å². The molecule has 2 aromatic heterocycles. The molecule has 1 aromatic carbocycles. The Morgan fingerprint density at radius 1 is 1.05 bits per heavy atom. The van der Waals surface area contributed by atoms with Gasteiger partial charge >= 0.3 is 17.6 Å². The van der Waals surface area contributed by atoms with Crippen LogP contribution in [0.3, 0.4) is 0 Å². The van der Waals surface area contributed by atoms with E-state index in [1.54, 1.807) is 34.6 Å². The van der Waals surface area contributed by atoms with E-state index in [1.165, 1.54) is 4.57 Å². The molecular weight excluding hydrogens is 496 g/mol. The minimum absolute atomic E-state index is 0.0638. The molecule has 10 heteroatoms. The highest BCUT2D eigenvalue weighted by molar-refractivity contribution is 7.20. The molecule has 0 fully saturated rings. The van der Waals surface area contributed by atoms with Crippen LogP contribution in [0.4, 0.5) is 0 Å². The lowest BCUT2D eigenvalue weighted by Crippen LogP contribution is -2.43. The number of benzene rings is 1. The van der Waals surface area contributed by atoms with Gasteiger partial charge in [0.1, 0.15) is 28.0 Å². The second kappa shape index (κ2) is 11.4. The molecule has 0 bridgehead atoms. The Balaban J connectivity index is 2.26. The molecule has 37 heavy (non-hydrogen) atoms. The van der Waals surface area contributed by atoms with Crippen molar-refractivity contribution in [2.24, 2.45) is 0 Å². The van der Waals surface area contributed by atoms with Gasteiger partial charge < -0.3 is 14.2 Å². The molecule has 0 aliphatic rings. The number of rotatable bonds is 9. The van der Waals surface area contributed by atoms with Crippen LogP contribution in [0.15, 0.2) is 39.9 Å². The normalized spacial score (nSPS) is 12.6. The number of esters is 2. The average Bonchev–Trinajstić information content (AvgIpc) is 3.15. The maximum absolute atomic E-state index is 13.7. The van der Waals surface area contributed by atoms with Crippen molar-refractivity contribution >= 4 is 33.5 Å². The first-order chi connectivity index (χ1) is 17.3. The summed E-state index contributed by atoms with van der Waals surface area (Å²) < 4.78 is 19.0. The predicted octanol–water partition coefficient (Wildman–Crippen LogP) is 4.22. The topological polar surface area (TPSA) is 106 Å². The molecule has 0 saturated carbocycles. The number of carbonyl (C=O) groups is 2. The summed E-state index contributed by atoms with van der Waals surface area (Å²) in [6.07, 6.45) is -0.674. The van der Waals surface area contributed by atoms with Crippen LogP contribution in [0.5, 0.6) is 0 Å². The Morgan fingerprint density at radius 3 is 2.27 bits per heavy atom. The van der Waals surface area contributed by atoms with Gasteiger partial charge in [-0.05, 0) is 59.6 Å². The van der Waals surface area contributed by atoms with Crippen LogP contribution in [-0.2, 0) is 32.1 Å². The van der Waals surface area contributed by atoms with Crippen molar-refractivity contribution in [1.29, 1.82) is 0 Å². The molecule has 0 aliphatic carbocycles. The van der Waals surface area contributed by atoms with Gasteiger partial charge in [0.15, 0.2) is 0 Å². The first-order valence-corrected chi connectivity index (χ1v) is 13.0. The first-order valence-electron chi connectivity index (χ1n) is 12.2. The van der Waals surface area contributed by atoms with E-state index in [0.29, 0.717) is 10.4 Å². The van der Waals surface area contributed by atoms with E-state index < -0.39 is 41.4 Å². The van der Waals surface area contributed by atoms with Gasteiger partial charge in [-0.15, -0.1) is 11.3 Å². The van der Waals surface area contributed by atoms with Gasteiger partial charge in [-0.1, -0.05) is 30.3 Å². The van der Waals surface area contributed by atoms with Crippen molar-refractivity contribution in [3.8, 4) is 0 Å². The number of carbonyl (C=O) groups excluding carboxylic acids is 2. The highest BCUT2D eigenvalue weighted by Gasteiger charge is 2.27. The summed E-state index contributed by atoms with van der Waals surface area (Å²) in [5, 5.41) is 0.188. The summed E-state index contributed by atoms with van der Waals surface area (Å²) in [6, 6.07) is 9.44. The van der Waals surface area contributed by atoms with Gasteiger partial charge in [0, 0.05) is 0 Å². The Kier molecular flexibility index (Phi) is 8.76. The third-order valence-electron chi connectivity index (χ3n) is 5.42. The molecular formula is C27H34N2O7S. The molecule has 200 valence electrons. The molecule has 0 N–H and O–H groups in total. The lowest BCUT2D eigenvalue weighted by Gasteiger charge is -2.23. The summed E-state index contributed by atoms with van der Waals surface area (Å²) in [4.78, 5) is 53.1. The predicted molar refractivity (Wildman–Crippen MR) is 142 cm³/mol. The number of aromatic nitrogens is 2. The van der Waals surface area contributed by atoms with Crippen molar-refractivity contribution in [1.82, 2.24) is 9.13 Å². The lowest BCUT2D eigenvalue weighted by molar-refractivity contribution is -0.155. The van der Waals surface area contributed by atoms with Gasteiger partial charge in [0.25, 0.3) is 5.56 Å². The van der Waals surface area contributed by atoms with E-state index in [4.69, 9.17) is 14.2 Å². The SMILES string of the molecule is CCOC(=O)c1sc2c(c1C)c(=O)n(CC(=O)OC(C)(C)C)c(=O)n2C[C@H](OC(C)C)c1ccccc1. The van der Waals surface area contributed by atoms with Crippen LogP contribution in [-0.4, -0.2) is 39.4 Å². The molecule has 3 aromatic rings. The maximum Gasteiger partial charge on any atom is 0.348 e. The Morgan fingerprint density at radius 2 is 1.70 bits per heavy atom. The number of hydrogen-bond donors (Lipinski definition) is 0. The van der Waals surface area contributed by atoms with E-state index in [-0.39, 0.29) is 29.5 Å². The third-order valence-corrected chi connectivity index (χ3v) is 6.71. The van der Waals surface area contributed by atoms with Gasteiger partial charge in [-0.2, -0.15) is 0 Å². The fraction of sp³-hybridized carbons (Fsp3) is 0.481. The molecule has 2 heterocycles. The summed E-state index contributed by atoms with van der Waals surface area (Å²) in [5.74, 6) is -1.29. The number of fused-ring (bicyclic) bond motifs is 1. The van der Waals surface area contributed by atoms with Crippen LogP contribution in [0.25, 0.3) is 10.2 Å². The Labute approximate surface area is 219 Å². The van der Waals surface area contributed by atoms with E-state index in [0.717, 1.165) is 21.5 Å². The smallest absolute Gasteiger partial charge is 0.348 e.